The molecule has 98 valence electrons. The quantitative estimate of drug-likeness (QED) is 0.711. The summed E-state index contributed by atoms with van der Waals surface area (Å²) in [6.45, 7) is 3.72. The number of ether oxygens (including phenoxy) is 1. The topological polar surface area (TPSA) is 84.3 Å². The molecule has 1 saturated carbocycles. The van der Waals surface area contributed by atoms with E-state index in [4.69, 9.17) is 9.84 Å². The third-order valence-electron chi connectivity index (χ3n) is 2.79. The molecule has 0 bridgehead atoms. The second-order valence-corrected chi connectivity index (χ2v) is 4.44. The first-order valence-corrected chi connectivity index (χ1v) is 6.05. The first-order chi connectivity index (χ1) is 8.66. The number of aromatic nitrogens is 2. The van der Waals surface area contributed by atoms with Crippen LogP contribution in [0.15, 0.2) is 6.20 Å². The number of aromatic carboxylic acids is 1. The Labute approximate surface area is 105 Å². The monoisotopic (exact) mass is 251 g/mol. The third-order valence-corrected chi connectivity index (χ3v) is 2.79. The van der Waals surface area contributed by atoms with Gasteiger partial charge in [-0.05, 0) is 25.7 Å². The molecule has 1 aromatic rings. The fourth-order valence-electron chi connectivity index (χ4n) is 1.53. The van der Waals surface area contributed by atoms with Crippen molar-refractivity contribution in [2.45, 2.75) is 19.8 Å². The zero-order chi connectivity index (χ0) is 13.0. The normalized spacial score (nSPS) is 14.5. The molecule has 2 N–H and O–H groups in total. The van der Waals surface area contributed by atoms with Gasteiger partial charge in [0.25, 0.3) is 0 Å². The third kappa shape index (κ3) is 3.66. The molecule has 1 aliphatic carbocycles. The van der Waals surface area contributed by atoms with Gasteiger partial charge in [0.15, 0.2) is 0 Å². The summed E-state index contributed by atoms with van der Waals surface area (Å²) in [5.41, 5.74) is 0.587. The fraction of sp³-hybridized carbons (Fsp3) is 0.583. The van der Waals surface area contributed by atoms with E-state index < -0.39 is 5.97 Å². The van der Waals surface area contributed by atoms with Crippen LogP contribution >= 0.6 is 0 Å². The Balaban J connectivity index is 1.74. The van der Waals surface area contributed by atoms with E-state index in [1.165, 1.54) is 19.0 Å². The standard InChI is InChI=1S/C12H17N3O3/c1-8-10(11(16)17)6-14-12(15-8)13-4-5-18-7-9-2-3-9/h6,9H,2-5,7H2,1H3,(H,16,17)(H,13,14,15). The molecule has 1 fully saturated rings. The Bertz CT molecular complexity index is 433. The van der Waals surface area contributed by atoms with E-state index in [0.29, 0.717) is 24.8 Å². The summed E-state index contributed by atoms with van der Waals surface area (Å²) in [4.78, 5) is 18.8. The number of carbonyl (C=O) groups is 1. The van der Waals surface area contributed by atoms with Gasteiger partial charge in [-0.15, -0.1) is 0 Å². The molecule has 0 aromatic carbocycles. The molecule has 6 nitrogen and oxygen atoms in total. The van der Waals surface area contributed by atoms with Crippen LogP contribution in [0.4, 0.5) is 5.95 Å². The fourth-order valence-corrected chi connectivity index (χ4v) is 1.53. The Kier molecular flexibility index (Phi) is 4.09. The minimum atomic E-state index is -1.01. The average molecular weight is 251 g/mol. The second kappa shape index (κ2) is 5.77. The summed E-state index contributed by atoms with van der Waals surface area (Å²) >= 11 is 0. The van der Waals surface area contributed by atoms with Crippen LogP contribution in [-0.2, 0) is 4.74 Å². The van der Waals surface area contributed by atoms with E-state index >= 15 is 0 Å². The lowest BCUT2D eigenvalue weighted by molar-refractivity contribution is 0.0695. The number of carboxylic acids is 1. The average Bonchev–Trinajstić information content (AvgIpc) is 3.12. The van der Waals surface area contributed by atoms with Gasteiger partial charge < -0.3 is 15.2 Å². The van der Waals surface area contributed by atoms with Crippen LogP contribution in [0.3, 0.4) is 0 Å². The van der Waals surface area contributed by atoms with E-state index in [-0.39, 0.29) is 5.56 Å². The molecule has 0 spiro atoms. The Morgan fingerprint density at radius 1 is 1.61 bits per heavy atom. The molecule has 0 amide bonds. The summed E-state index contributed by atoms with van der Waals surface area (Å²) in [6, 6.07) is 0. The molecule has 18 heavy (non-hydrogen) atoms. The van der Waals surface area contributed by atoms with E-state index in [9.17, 15) is 4.79 Å². The number of rotatable bonds is 7. The molecule has 1 aromatic heterocycles. The zero-order valence-electron chi connectivity index (χ0n) is 10.3. The lowest BCUT2D eigenvalue weighted by Crippen LogP contribution is -2.14. The minimum Gasteiger partial charge on any atom is -0.478 e. The molecule has 1 heterocycles. The highest BCUT2D eigenvalue weighted by Gasteiger charge is 2.20. The molecule has 2 rings (SSSR count). The van der Waals surface area contributed by atoms with Crippen LogP contribution in [0, 0.1) is 12.8 Å². The molecule has 0 atom stereocenters. The van der Waals surface area contributed by atoms with Gasteiger partial charge in [-0.2, -0.15) is 0 Å². The van der Waals surface area contributed by atoms with Crippen LogP contribution in [0.1, 0.15) is 28.9 Å². The van der Waals surface area contributed by atoms with Gasteiger partial charge in [0.2, 0.25) is 5.95 Å². The van der Waals surface area contributed by atoms with Crippen molar-refractivity contribution in [3.63, 3.8) is 0 Å². The molecular formula is C12H17N3O3. The number of nitrogens with one attached hydrogen (secondary N) is 1. The van der Waals surface area contributed by atoms with Gasteiger partial charge in [-0.3, -0.25) is 0 Å². The van der Waals surface area contributed by atoms with Crippen LogP contribution in [0.25, 0.3) is 0 Å². The summed E-state index contributed by atoms with van der Waals surface area (Å²) in [5.74, 6) is 0.192. The van der Waals surface area contributed by atoms with Crippen molar-refractivity contribution < 1.29 is 14.6 Å². The van der Waals surface area contributed by atoms with Crippen molar-refractivity contribution in [2.24, 2.45) is 5.92 Å². The first-order valence-electron chi connectivity index (χ1n) is 6.05. The molecule has 1 aliphatic rings. The van der Waals surface area contributed by atoms with Crippen molar-refractivity contribution in [3.8, 4) is 0 Å². The molecule has 0 unspecified atom stereocenters. The predicted octanol–water partition coefficient (Wildman–Crippen LogP) is 1.32. The van der Waals surface area contributed by atoms with Gasteiger partial charge in [0, 0.05) is 19.3 Å². The highest BCUT2D eigenvalue weighted by molar-refractivity contribution is 5.88. The van der Waals surface area contributed by atoms with Gasteiger partial charge in [-0.25, -0.2) is 14.8 Å². The molecule has 0 radical (unpaired) electrons. The van der Waals surface area contributed by atoms with Crippen LogP contribution in [-0.4, -0.2) is 40.8 Å². The maximum atomic E-state index is 10.8. The van der Waals surface area contributed by atoms with Crippen molar-refractivity contribution >= 4 is 11.9 Å². The van der Waals surface area contributed by atoms with E-state index in [0.717, 1.165) is 12.5 Å². The zero-order valence-corrected chi connectivity index (χ0v) is 10.3. The Morgan fingerprint density at radius 2 is 2.39 bits per heavy atom. The van der Waals surface area contributed by atoms with Crippen LogP contribution in [0.2, 0.25) is 0 Å². The maximum Gasteiger partial charge on any atom is 0.339 e. The minimum absolute atomic E-state index is 0.130. The van der Waals surface area contributed by atoms with E-state index in [1.54, 1.807) is 6.92 Å². The summed E-state index contributed by atoms with van der Waals surface area (Å²) in [7, 11) is 0. The van der Waals surface area contributed by atoms with Gasteiger partial charge in [0.1, 0.15) is 0 Å². The van der Waals surface area contributed by atoms with Crippen molar-refractivity contribution in [2.75, 3.05) is 25.1 Å². The first kappa shape index (κ1) is 12.8. The summed E-state index contributed by atoms with van der Waals surface area (Å²) in [6.07, 6.45) is 3.89. The number of anilines is 1. The van der Waals surface area contributed by atoms with E-state index in [1.807, 2.05) is 0 Å². The van der Waals surface area contributed by atoms with Gasteiger partial charge in [-0.1, -0.05) is 0 Å². The van der Waals surface area contributed by atoms with E-state index in [2.05, 4.69) is 15.3 Å². The van der Waals surface area contributed by atoms with Crippen molar-refractivity contribution in [3.05, 3.63) is 17.5 Å². The molecule has 6 heteroatoms. The number of hydrogen-bond acceptors (Lipinski definition) is 5. The van der Waals surface area contributed by atoms with Crippen LogP contribution in [0.5, 0.6) is 0 Å². The summed E-state index contributed by atoms with van der Waals surface area (Å²) in [5, 5.41) is 11.8. The smallest absolute Gasteiger partial charge is 0.339 e. The largest absolute Gasteiger partial charge is 0.478 e. The summed E-state index contributed by atoms with van der Waals surface area (Å²) < 4.78 is 5.46. The van der Waals surface area contributed by atoms with Gasteiger partial charge >= 0.3 is 5.97 Å². The SMILES string of the molecule is Cc1nc(NCCOCC2CC2)ncc1C(=O)O. The molecular weight excluding hydrogens is 234 g/mol. The Hall–Kier alpha value is -1.69. The second-order valence-electron chi connectivity index (χ2n) is 4.44. The Morgan fingerprint density at radius 3 is 3.00 bits per heavy atom. The molecule has 0 aliphatic heterocycles. The highest BCUT2D eigenvalue weighted by Crippen LogP contribution is 2.28. The number of carboxylic acid groups (broad SMARTS) is 1. The van der Waals surface area contributed by atoms with Crippen LogP contribution < -0.4 is 5.32 Å². The van der Waals surface area contributed by atoms with Gasteiger partial charge in [0.05, 0.1) is 17.9 Å². The van der Waals surface area contributed by atoms with Crippen molar-refractivity contribution in [1.29, 1.82) is 0 Å². The predicted molar refractivity (Wildman–Crippen MR) is 65.8 cm³/mol. The molecule has 0 saturated heterocycles. The lowest BCUT2D eigenvalue weighted by atomic mass is 10.2. The number of aryl methyl sites for hydroxylation is 1. The maximum absolute atomic E-state index is 10.8. The number of hydrogen-bond donors (Lipinski definition) is 2. The van der Waals surface area contributed by atoms with Crippen molar-refractivity contribution in [1.82, 2.24) is 9.97 Å². The number of nitrogens with zero attached hydrogens (tertiary/aromatic N) is 2. The highest BCUT2D eigenvalue weighted by atomic mass is 16.5. The lowest BCUT2D eigenvalue weighted by Gasteiger charge is -2.07.